The number of carbonyl (C=O) groups is 2. The Hall–Kier alpha value is -2.30. The molecule has 0 heterocycles. The molecule has 21 heavy (non-hydrogen) atoms. The van der Waals surface area contributed by atoms with Gasteiger partial charge in [0.15, 0.2) is 0 Å². The highest BCUT2D eigenvalue weighted by Crippen LogP contribution is 2.15. The molecule has 0 aliphatic carbocycles. The molecule has 0 saturated carbocycles. The van der Waals surface area contributed by atoms with Crippen LogP contribution in [-0.2, 0) is 9.63 Å². The monoisotopic (exact) mass is 291 g/mol. The molecule has 1 aromatic rings. The predicted molar refractivity (Wildman–Crippen MR) is 79.8 cm³/mol. The maximum absolute atomic E-state index is 11.9. The predicted octanol–water partition coefficient (Wildman–Crippen LogP) is 2.88. The maximum Gasteiger partial charge on any atom is 0.337 e. The van der Waals surface area contributed by atoms with Crippen molar-refractivity contribution in [2.75, 3.05) is 6.61 Å². The second-order valence-electron chi connectivity index (χ2n) is 5.52. The minimum Gasteiger partial charge on any atom is -0.493 e. The van der Waals surface area contributed by atoms with Gasteiger partial charge in [-0.25, -0.2) is 4.79 Å². The number of hydroxylamine groups is 1. The van der Waals surface area contributed by atoms with Crippen LogP contribution < -0.4 is 10.2 Å². The first-order valence-corrected chi connectivity index (χ1v) is 6.70. The van der Waals surface area contributed by atoms with Gasteiger partial charge in [-0.3, -0.25) is 4.79 Å². The van der Waals surface area contributed by atoms with Crippen LogP contribution in [0.15, 0.2) is 36.9 Å². The van der Waals surface area contributed by atoms with Crippen molar-refractivity contribution in [3.05, 3.63) is 42.5 Å². The van der Waals surface area contributed by atoms with E-state index in [0.717, 1.165) is 6.42 Å². The van der Waals surface area contributed by atoms with Crippen LogP contribution in [0.3, 0.4) is 0 Å². The van der Waals surface area contributed by atoms with E-state index in [1.54, 1.807) is 51.1 Å². The molecule has 0 fully saturated rings. The average molecular weight is 291 g/mol. The van der Waals surface area contributed by atoms with Crippen molar-refractivity contribution in [3.8, 4) is 5.75 Å². The Morgan fingerprint density at radius 1 is 1.33 bits per heavy atom. The molecule has 0 unspecified atom stereocenters. The number of hydrogen-bond donors (Lipinski definition) is 1. The third kappa shape index (κ3) is 5.69. The molecule has 0 aromatic heterocycles. The Bertz CT molecular complexity index is 517. The van der Waals surface area contributed by atoms with E-state index in [-0.39, 0.29) is 0 Å². The fourth-order valence-corrected chi connectivity index (χ4v) is 1.29. The van der Waals surface area contributed by atoms with Gasteiger partial charge in [0.1, 0.15) is 5.75 Å². The molecule has 0 aliphatic heterocycles. The van der Waals surface area contributed by atoms with Gasteiger partial charge >= 0.3 is 5.97 Å². The SMILES string of the molecule is C=CCCOc1cccc(C(=O)NOC(=O)C(C)(C)C)c1. The molecule has 0 bridgehead atoms. The Morgan fingerprint density at radius 2 is 2.05 bits per heavy atom. The first-order valence-electron chi connectivity index (χ1n) is 6.70. The number of ether oxygens (including phenoxy) is 1. The first kappa shape index (κ1) is 16.8. The summed E-state index contributed by atoms with van der Waals surface area (Å²) in [4.78, 5) is 28.2. The Kier molecular flexibility index (Phi) is 5.96. The molecule has 5 nitrogen and oxygen atoms in total. The van der Waals surface area contributed by atoms with E-state index < -0.39 is 17.3 Å². The molecule has 1 N–H and O–H groups in total. The summed E-state index contributed by atoms with van der Waals surface area (Å²) in [6.07, 6.45) is 2.47. The van der Waals surface area contributed by atoms with Gasteiger partial charge in [0.25, 0.3) is 5.91 Å². The molecule has 0 atom stereocenters. The van der Waals surface area contributed by atoms with Gasteiger partial charge in [0.2, 0.25) is 0 Å². The first-order chi connectivity index (χ1) is 9.84. The van der Waals surface area contributed by atoms with Crippen molar-refractivity contribution < 1.29 is 19.2 Å². The summed E-state index contributed by atoms with van der Waals surface area (Å²) >= 11 is 0. The van der Waals surface area contributed by atoms with E-state index in [1.807, 2.05) is 0 Å². The zero-order valence-corrected chi connectivity index (χ0v) is 12.6. The largest absolute Gasteiger partial charge is 0.493 e. The maximum atomic E-state index is 11.9. The molecule has 114 valence electrons. The van der Waals surface area contributed by atoms with E-state index in [1.165, 1.54) is 0 Å². The Balaban J connectivity index is 2.60. The van der Waals surface area contributed by atoms with Crippen molar-refractivity contribution in [1.82, 2.24) is 5.48 Å². The van der Waals surface area contributed by atoms with Gasteiger partial charge < -0.3 is 9.57 Å². The summed E-state index contributed by atoms with van der Waals surface area (Å²) in [5, 5.41) is 0. The van der Waals surface area contributed by atoms with Crippen LogP contribution in [-0.4, -0.2) is 18.5 Å². The number of amides is 1. The van der Waals surface area contributed by atoms with Crippen LogP contribution in [0.5, 0.6) is 5.75 Å². The summed E-state index contributed by atoms with van der Waals surface area (Å²) in [6, 6.07) is 6.65. The van der Waals surface area contributed by atoms with Gasteiger partial charge in [0, 0.05) is 5.56 Å². The van der Waals surface area contributed by atoms with Crippen LogP contribution in [0.1, 0.15) is 37.6 Å². The molecular weight excluding hydrogens is 270 g/mol. The van der Waals surface area contributed by atoms with Crippen LogP contribution in [0.4, 0.5) is 0 Å². The molecule has 0 spiro atoms. The molecule has 0 radical (unpaired) electrons. The highest BCUT2D eigenvalue weighted by molar-refractivity contribution is 5.94. The van der Waals surface area contributed by atoms with Crippen LogP contribution in [0.25, 0.3) is 0 Å². The summed E-state index contributed by atoms with van der Waals surface area (Å²) < 4.78 is 5.46. The molecule has 5 heteroatoms. The van der Waals surface area contributed by atoms with Crippen molar-refractivity contribution in [1.29, 1.82) is 0 Å². The molecule has 1 rings (SSSR count). The van der Waals surface area contributed by atoms with Gasteiger partial charge in [0.05, 0.1) is 12.0 Å². The number of rotatable bonds is 5. The Labute approximate surface area is 124 Å². The second kappa shape index (κ2) is 7.47. The third-order valence-electron chi connectivity index (χ3n) is 2.54. The summed E-state index contributed by atoms with van der Waals surface area (Å²) in [5.74, 6) is -0.428. The smallest absolute Gasteiger partial charge is 0.337 e. The lowest BCUT2D eigenvalue weighted by Gasteiger charge is -2.16. The van der Waals surface area contributed by atoms with Gasteiger partial charge in [-0.2, -0.15) is 5.48 Å². The zero-order valence-electron chi connectivity index (χ0n) is 12.6. The number of hydrogen-bond acceptors (Lipinski definition) is 4. The lowest BCUT2D eigenvalue weighted by molar-refractivity contribution is -0.158. The highest BCUT2D eigenvalue weighted by atomic mass is 16.7. The third-order valence-corrected chi connectivity index (χ3v) is 2.54. The van der Waals surface area contributed by atoms with Crippen molar-refractivity contribution >= 4 is 11.9 Å². The van der Waals surface area contributed by atoms with Crippen molar-refractivity contribution in [2.45, 2.75) is 27.2 Å². The number of benzene rings is 1. The quantitative estimate of drug-likeness (QED) is 0.514. The normalized spacial score (nSPS) is 10.6. The lowest BCUT2D eigenvalue weighted by Crippen LogP contribution is -2.33. The minimum absolute atomic E-state index is 0.354. The minimum atomic E-state index is -0.678. The molecule has 1 aromatic carbocycles. The van der Waals surface area contributed by atoms with Crippen LogP contribution >= 0.6 is 0 Å². The Morgan fingerprint density at radius 3 is 2.67 bits per heavy atom. The summed E-state index contributed by atoms with van der Waals surface area (Å²) in [7, 11) is 0. The van der Waals surface area contributed by atoms with Crippen molar-refractivity contribution in [2.24, 2.45) is 5.41 Å². The average Bonchev–Trinajstić information content (AvgIpc) is 2.44. The molecule has 1 amide bonds. The van der Waals surface area contributed by atoms with E-state index in [0.29, 0.717) is 17.9 Å². The molecule has 0 saturated heterocycles. The van der Waals surface area contributed by atoms with Gasteiger partial charge in [-0.05, 0) is 45.4 Å². The molecular formula is C16H21NO4. The highest BCUT2D eigenvalue weighted by Gasteiger charge is 2.24. The fraction of sp³-hybridized carbons (Fsp3) is 0.375. The lowest BCUT2D eigenvalue weighted by atomic mass is 9.98. The van der Waals surface area contributed by atoms with Crippen molar-refractivity contribution in [3.63, 3.8) is 0 Å². The number of carbonyl (C=O) groups excluding carboxylic acids is 2. The van der Waals surface area contributed by atoms with Gasteiger partial charge in [-0.1, -0.05) is 12.1 Å². The standard InChI is InChI=1S/C16H21NO4/c1-5-6-10-20-13-9-7-8-12(11-13)14(18)17-21-15(19)16(2,3)4/h5,7-9,11H,1,6,10H2,2-4H3,(H,17,18). The van der Waals surface area contributed by atoms with E-state index in [9.17, 15) is 9.59 Å². The zero-order chi connectivity index (χ0) is 15.9. The second-order valence-corrected chi connectivity index (χ2v) is 5.52. The summed E-state index contributed by atoms with van der Waals surface area (Å²) in [5.41, 5.74) is 1.82. The fourth-order valence-electron chi connectivity index (χ4n) is 1.29. The number of nitrogens with one attached hydrogen (secondary N) is 1. The van der Waals surface area contributed by atoms with E-state index >= 15 is 0 Å². The van der Waals surface area contributed by atoms with E-state index in [4.69, 9.17) is 9.57 Å². The topological polar surface area (TPSA) is 64.6 Å². The molecule has 0 aliphatic rings. The van der Waals surface area contributed by atoms with E-state index in [2.05, 4.69) is 12.1 Å². The van der Waals surface area contributed by atoms with Gasteiger partial charge in [-0.15, -0.1) is 6.58 Å². The summed E-state index contributed by atoms with van der Waals surface area (Å²) in [6.45, 7) is 9.21. The van der Waals surface area contributed by atoms with Crippen LogP contribution in [0, 0.1) is 5.41 Å². The van der Waals surface area contributed by atoms with Crippen LogP contribution in [0.2, 0.25) is 0 Å².